The van der Waals surface area contributed by atoms with Gasteiger partial charge in [0, 0.05) is 21.3 Å². The second-order valence-electron chi connectivity index (χ2n) is 8.52. The standard InChI is InChI=1S/C27H18IN3O3S/c28-19-11-8-16(9-12-19)14-23-26(32)30-25(18-5-3-6-20(15-18)31(33)34)22-13-10-17-4-1-2-7-21(17)24(22)29-27(30)35-23/h1-9,11-12,14-15,25H,10,13H2/b23-14+/t25-/m0/s1. The van der Waals surface area contributed by atoms with Crippen molar-refractivity contribution >= 4 is 51.4 Å². The molecule has 1 atom stereocenters. The lowest BCUT2D eigenvalue weighted by molar-refractivity contribution is -0.384. The number of hydrogen-bond donors (Lipinski definition) is 0. The van der Waals surface area contributed by atoms with Crippen molar-refractivity contribution in [2.75, 3.05) is 0 Å². The number of nitro benzene ring substituents is 1. The molecule has 0 N–H and O–H groups in total. The maximum Gasteiger partial charge on any atom is 0.271 e. The van der Waals surface area contributed by atoms with Crippen LogP contribution >= 0.6 is 33.9 Å². The van der Waals surface area contributed by atoms with Gasteiger partial charge in [-0.2, -0.15) is 0 Å². The first-order valence-corrected chi connectivity index (χ1v) is 13.0. The zero-order valence-electron chi connectivity index (χ0n) is 18.3. The number of halogens is 1. The minimum Gasteiger partial charge on any atom is -0.272 e. The van der Waals surface area contributed by atoms with E-state index in [4.69, 9.17) is 4.99 Å². The van der Waals surface area contributed by atoms with Gasteiger partial charge in [-0.15, -0.1) is 0 Å². The SMILES string of the molecule is O=c1/c(=C\c2ccc(I)cc2)sc2n1[C@@H](c1cccc([N+](=O)[O-])c1)C1=C(N=2)c2ccccc2CC1. The monoisotopic (exact) mass is 591 g/mol. The molecule has 2 aliphatic rings. The fourth-order valence-electron chi connectivity index (χ4n) is 4.84. The molecule has 0 unspecified atom stereocenters. The Morgan fingerprint density at radius 3 is 2.66 bits per heavy atom. The van der Waals surface area contributed by atoms with Gasteiger partial charge >= 0.3 is 0 Å². The van der Waals surface area contributed by atoms with Crippen LogP contribution in [0.5, 0.6) is 0 Å². The van der Waals surface area contributed by atoms with Crippen molar-refractivity contribution in [1.29, 1.82) is 0 Å². The molecule has 0 spiro atoms. The Morgan fingerprint density at radius 2 is 1.86 bits per heavy atom. The Balaban J connectivity index is 1.63. The summed E-state index contributed by atoms with van der Waals surface area (Å²) in [6.45, 7) is 0. The predicted molar refractivity (Wildman–Crippen MR) is 145 cm³/mol. The third kappa shape index (κ3) is 3.86. The molecule has 1 aliphatic carbocycles. The highest BCUT2D eigenvalue weighted by Gasteiger charge is 2.33. The first-order valence-electron chi connectivity index (χ1n) is 11.1. The number of nitrogens with zero attached hydrogens (tertiary/aromatic N) is 3. The van der Waals surface area contributed by atoms with Gasteiger partial charge in [0.05, 0.1) is 21.2 Å². The van der Waals surface area contributed by atoms with Gasteiger partial charge in [-0.1, -0.05) is 59.9 Å². The molecule has 1 aliphatic heterocycles. The summed E-state index contributed by atoms with van der Waals surface area (Å²) < 4.78 is 3.43. The first-order chi connectivity index (χ1) is 17.0. The summed E-state index contributed by atoms with van der Waals surface area (Å²) in [7, 11) is 0. The molecule has 6 rings (SSSR count). The molecule has 2 heterocycles. The number of hydrogen-bond acceptors (Lipinski definition) is 5. The van der Waals surface area contributed by atoms with Gasteiger partial charge in [0.1, 0.15) is 0 Å². The Labute approximate surface area is 217 Å². The van der Waals surface area contributed by atoms with E-state index in [-0.39, 0.29) is 11.2 Å². The highest BCUT2D eigenvalue weighted by atomic mass is 127. The van der Waals surface area contributed by atoms with Crippen LogP contribution in [-0.2, 0) is 6.42 Å². The number of nitro groups is 1. The minimum atomic E-state index is -0.437. The molecular formula is C27H18IN3O3S. The van der Waals surface area contributed by atoms with Crippen molar-refractivity contribution in [3.05, 3.63) is 134 Å². The first kappa shape index (κ1) is 22.1. The van der Waals surface area contributed by atoms with Gasteiger partial charge in [0.2, 0.25) is 0 Å². The summed E-state index contributed by atoms with van der Waals surface area (Å²) >= 11 is 3.61. The summed E-state index contributed by atoms with van der Waals surface area (Å²) in [5.74, 6) is 0. The van der Waals surface area contributed by atoms with Crippen LogP contribution in [0.15, 0.2) is 88.2 Å². The van der Waals surface area contributed by atoms with Crippen LogP contribution in [0.1, 0.15) is 34.7 Å². The molecule has 6 nitrogen and oxygen atoms in total. The van der Waals surface area contributed by atoms with Crippen LogP contribution in [0.3, 0.4) is 0 Å². The number of benzene rings is 3. The highest BCUT2D eigenvalue weighted by Crippen LogP contribution is 2.41. The average molecular weight is 591 g/mol. The Bertz CT molecular complexity index is 1720. The molecule has 1 aromatic heterocycles. The van der Waals surface area contributed by atoms with E-state index >= 15 is 0 Å². The van der Waals surface area contributed by atoms with E-state index in [9.17, 15) is 14.9 Å². The van der Waals surface area contributed by atoms with Crippen molar-refractivity contribution in [1.82, 2.24) is 4.57 Å². The minimum absolute atomic E-state index is 0.0128. The van der Waals surface area contributed by atoms with Crippen molar-refractivity contribution < 1.29 is 4.92 Å². The summed E-state index contributed by atoms with van der Waals surface area (Å²) in [6.07, 6.45) is 3.47. The van der Waals surface area contributed by atoms with E-state index < -0.39 is 11.0 Å². The van der Waals surface area contributed by atoms with E-state index in [0.29, 0.717) is 9.33 Å². The van der Waals surface area contributed by atoms with Gasteiger partial charge in [0.15, 0.2) is 4.80 Å². The van der Waals surface area contributed by atoms with E-state index in [1.807, 2.05) is 48.5 Å². The zero-order valence-corrected chi connectivity index (χ0v) is 21.3. The Kier molecular flexibility index (Phi) is 5.49. The smallest absolute Gasteiger partial charge is 0.271 e. The van der Waals surface area contributed by atoms with E-state index in [2.05, 4.69) is 34.7 Å². The fourth-order valence-corrected chi connectivity index (χ4v) is 6.20. The number of fused-ring (bicyclic) bond motifs is 3. The largest absolute Gasteiger partial charge is 0.272 e. The van der Waals surface area contributed by atoms with Crippen molar-refractivity contribution in [3.63, 3.8) is 0 Å². The third-order valence-corrected chi connectivity index (χ3v) is 8.14. The molecule has 0 saturated heterocycles. The number of aryl methyl sites for hydroxylation is 1. The van der Waals surface area contributed by atoms with Crippen LogP contribution < -0.4 is 14.9 Å². The van der Waals surface area contributed by atoms with Crippen LogP contribution in [-0.4, -0.2) is 9.49 Å². The molecule has 0 radical (unpaired) electrons. The molecule has 35 heavy (non-hydrogen) atoms. The summed E-state index contributed by atoms with van der Waals surface area (Å²) in [5.41, 5.74) is 5.75. The number of allylic oxidation sites excluding steroid dienone is 1. The van der Waals surface area contributed by atoms with Gasteiger partial charge in [-0.3, -0.25) is 19.5 Å². The van der Waals surface area contributed by atoms with Crippen molar-refractivity contribution in [2.45, 2.75) is 18.9 Å². The van der Waals surface area contributed by atoms with E-state index in [0.717, 1.165) is 44.4 Å². The number of aromatic nitrogens is 1. The lowest BCUT2D eigenvalue weighted by Crippen LogP contribution is -2.38. The molecule has 4 aromatic rings. The lowest BCUT2D eigenvalue weighted by Gasteiger charge is -2.30. The summed E-state index contributed by atoms with van der Waals surface area (Å²) in [6, 6.07) is 22.4. The average Bonchev–Trinajstić information content (AvgIpc) is 3.18. The van der Waals surface area contributed by atoms with Crippen LogP contribution in [0, 0.1) is 13.7 Å². The highest BCUT2D eigenvalue weighted by molar-refractivity contribution is 14.1. The van der Waals surface area contributed by atoms with Gasteiger partial charge in [-0.05, 0) is 75.9 Å². The predicted octanol–water partition coefficient (Wildman–Crippen LogP) is 4.83. The summed E-state index contributed by atoms with van der Waals surface area (Å²) in [5, 5.41) is 11.5. The Morgan fingerprint density at radius 1 is 1.06 bits per heavy atom. The third-order valence-electron chi connectivity index (χ3n) is 6.44. The van der Waals surface area contributed by atoms with Gasteiger partial charge in [0.25, 0.3) is 11.2 Å². The van der Waals surface area contributed by atoms with E-state index in [1.165, 1.54) is 23.0 Å². The number of rotatable bonds is 3. The topological polar surface area (TPSA) is 77.5 Å². The molecule has 0 saturated carbocycles. The zero-order chi connectivity index (χ0) is 24.1. The molecule has 172 valence electrons. The van der Waals surface area contributed by atoms with E-state index in [1.54, 1.807) is 16.7 Å². The lowest BCUT2D eigenvalue weighted by atomic mass is 9.83. The Hall–Kier alpha value is -3.37. The molecule has 0 bridgehead atoms. The normalized spacial score (nSPS) is 16.8. The van der Waals surface area contributed by atoms with Crippen LogP contribution in [0.25, 0.3) is 11.8 Å². The van der Waals surface area contributed by atoms with Crippen molar-refractivity contribution in [2.24, 2.45) is 4.99 Å². The molecule has 3 aromatic carbocycles. The quantitative estimate of drug-likeness (QED) is 0.195. The van der Waals surface area contributed by atoms with Gasteiger partial charge < -0.3 is 0 Å². The summed E-state index contributed by atoms with van der Waals surface area (Å²) in [4.78, 5) is 30.5. The maximum absolute atomic E-state index is 13.7. The van der Waals surface area contributed by atoms with Crippen LogP contribution in [0.2, 0.25) is 0 Å². The van der Waals surface area contributed by atoms with Gasteiger partial charge in [-0.25, -0.2) is 4.99 Å². The molecule has 0 amide bonds. The molecule has 0 fully saturated rings. The number of thiazole rings is 1. The second kappa shape index (κ2) is 8.69. The fraction of sp³-hybridized carbons (Fsp3) is 0.111. The molecule has 8 heteroatoms. The van der Waals surface area contributed by atoms with Crippen LogP contribution in [0.4, 0.5) is 5.69 Å². The second-order valence-corrected chi connectivity index (χ2v) is 10.8. The number of non-ortho nitro benzene ring substituents is 1. The molecular weight excluding hydrogens is 573 g/mol. The maximum atomic E-state index is 13.7. The van der Waals surface area contributed by atoms with Crippen molar-refractivity contribution in [3.8, 4) is 0 Å².